The summed E-state index contributed by atoms with van der Waals surface area (Å²) in [5, 5.41) is 12.8. The van der Waals surface area contributed by atoms with Crippen LogP contribution in [0.15, 0.2) is 54.6 Å². The fraction of sp³-hybridized carbons (Fsp3) is 0.406. The summed E-state index contributed by atoms with van der Waals surface area (Å²) in [5.74, 6) is 1.10. The zero-order chi connectivity index (χ0) is 27.5. The molecule has 2 saturated carbocycles. The molecule has 2 aliphatic rings. The van der Waals surface area contributed by atoms with Crippen LogP contribution in [0.1, 0.15) is 56.9 Å². The molecule has 0 radical (unpaired) electrons. The molecule has 40 heavy (non-hydrogen) atoms. The first-order valence-electron chi connectivity index (χ1n) is 14.4. The number of carbonyl (C=O) groups is 2. The number of benzene rings is 3. The molecule has 2 amide bonds. The lowest BCUT2D eigenvalue weighted by Gasteiger charge is -2.29. The van der Waals surface area contributed by atoms with Crippen molar-refractivity contribution in [2.75, 3.05) is 17.7 Å². The van der Waals surface area contributed by atoms with Gasteiger partial charge in [0.2, 0.25) is 11.8 Å². The van der Waals surface area contributed by atoms with Gasteiger partial charge >= 0.3 is 0 Å². The van der Waals surface area contributed by atoms with Crippen molar-refractivity contribution >= 4 is 55.0 Å². The van der Waals surface area contributed by atoms with Gasteiger partial charge in [-0.05, 0) is 67.3 Å². The van der Waals surface area contributed by atoms with Gasteiger partial charge in [-0.1, -0.05) is 60.9 Å². The van der Waals surface area contributed by atoms with E-state index in [9.17, 15) is 9.59 Å². The number of nitrogens with zero attached hydrogens (tertiary/aromatic N) is 1. The van der Waals surface area contributed by atoms with Crippen molar-refractivity contribution in [1.29, 1.82) is 0 Å². The van der Waals surface area contributed by atoms with Gasteiger partial charge in [0.25, 0.3) is 0 Å². The minimum atomic E-state index is -0.0303. The van der Waals surface area contributed by atoms with E-state index in [1.165, 1.54) is 22.3 Å². The molecular formula is C32H36N4O3S. The zero-order valence-electron chi connectivity index (χ0n) is 22.9. The smallest absolute Gasteiger partial charge is 0.229 e. The fourth-order valence-corrected chi connectivity index (χ4v) is 7.14. The predicted molar refractivity (Wildman–Crippen MR) is 162 cm³/mol. The van der Waals surface area contributed by atoms with Crippen LogP contribution in [0.4, 0.5) is 10.8 Å². The normalized spacial score (nSPS) is 19.6. The van der Waals surface area contributed by atoms with E-state index >= 15 is 0 Å². The van der Waals surface area contributed by atoms with Crippen molar-refractivity contribution in [3.05, 3.63) is 60.2 Å². The van der Waals surface area contributed by atoms with E-state index in [0.29, 0.717) is 11.2 Å². The number of ether oxygens (including phenoxy) is 1. The molecule has 2 aliphatic carbocycles. The first-order chi connectivity index (χ1) is 19.6. The van der Waals surface area contributed by atoms with E-state index in [-0.39, 0.29) is 23.7 Å². The molecule has 0 saturated heterocycles. The fourth-order valence-electron chi connectivity index (χ4n) is 6.23. The number of fused-ring (bicyclic) bond motifs is 2. The molecule has 1 aromatic heterocycles. The molecule has 0 unspecified atom stereocenters. The molecule has 0 spiro atoms. The zero-order valence-corrected chi connectivity index (χ0v) is 23.7. The molecule has 3 N–H and O–H groups in total. The van der Waals surface area contributed by atoms with Crippen molar-refractivity contribution in [2.45, 2.75) is 64.0 Å². The predicted octanol–water partition coefficient (Wildman–Crippen LogP) is 6.87. The lowest BCUT2D eigenvalue weighted by Crippen LogP contribution is -2.37. The van der Waals surface area contributed by atoms with Gasteiger partial charge in [-0.2, -0.15) is 0 Å². The Bertz CT molecular complexity index is 1530. The van der Waals surface area contributed by atoms with Crippen molar-refractivity contribution in [3.63, 3.8) is 0 Å². The SMILES string of the molecule is COc1ccc(CN[C@H]2CCC[C@@H](C(=O)Nc3ccc4nc(NC(=O)C5CCCC5)sc4c3)C2)c2ccccc12. The van der Waals surface area contributed by atoms with E-state index in [1.807, 2.05) is 30.3 Å². The second-order valence-corrected chi connectivity index (χ2v) is 12.1. The van der Waals surface area contributed by atoms with Crippen LogP contribution >= 0.6 is 11.3 Å². The van der Waals surface area contributed by atoms with Gasteiger partial charge in [0.1, 0.15) is 5.75 Å². The van der Waals surface area contributed by atoms with Crippen LogP contribution in [0.25, 0.3) is 21.0 Å². The van der Waals surface area contributed by atoms with Gasteiger partial charge in [0.05, 0.1) is 17.3 Å². The van der Waals surface area contributed by atoms with E-state index in [4.69, 9.17) is 4.74 Å². The van der Waals surface area contributed by atoms with Crippen LogP contribution in [-0.4, -0.2) is 29.9 Å². The van der Waals surface area contributed by atoms with Gasteiger partial charge < -0.3 is 20.7 Å². The van der Waals surface area contributed by atoms with Crippen molar-refractivity contribution in [2.24, 2.45) is 11.8 Å². The Hall–Kier alpha value is -3.49. The maximum atomic E-state index is 13.2. The van der Waals surface area contributed by atoms with E-state index in [0.717, 1.165) is 85.0 Å². The molecule has 1 heterocycles. The Morgan fingerprint density at radius 2 is 1.68 bits per heavy atom. The number of aromatic nitrogens is 1. The summed E-state index contributed by atoms with van der Waals surface area (Å²) < 4.78 is 6.49. The topological polar surface area (TPSA) is 92.3 Å². The van der Waals surface area contributed by atoms with E-state index in [2.05, 4.69) is 45.2 Å². The maximum absolute atomic E-state index is 13.2. The minimum Gasteiger partial charge on any atom is -0.496 e. The molecule has 2 fully saturated rings. The number of rotatable bonds is 8. The Kier molecular flexibility index (Phi) is 7.98. The maximum Gasteiger partial charge on any atom is 0.229 e. The molecule has 4 aromatic rings. The van der Waals surface area contributed by atoms with Crippen LogP contribution < -0.4 is 20.7 Å². The molecule has 0 bridgehead atoms. The van der Waals surface area contributed by atoms with Gasteiger partial charge in [-0.25, -0.2) is 4.98 Å². The molecule has 0 aliphatic heterocycles. The third kappa shape index (κ3) is 5.83. The highest BCUT2D eigenvalue weighted by Gasteiger charge is 2.28. The summed E-state index contributed by atoms with van der Waals surface area (Å²) >= 11 is 1.46. The number of amides is 2. The van der Waals surface area contributed by atoms with Crippen LogP contribution in [0, 0.1) is 11.8 Å². The van der Waals surface area contributed by atoms with Crippen molar-refractivity contribution in [1.82, 2.24) is 10.3 Å². The Labute approximate surface area is 238 Å². The minimum absolute atomic E-state index is 0.0303. The Morgan fingerprint density at radius 1 is 0.900 bits per heavy atom. The molecule has 2 atom stereocenters. The number of hydrogen-bond acceptors (Lipinski definition) is 6. The third-order valence-corrected chi connectivity index (χ3v) is 9.37. The number of nitrogens with one attached hydrogen (secondary N) is 3. The quantitative estimate of drug-likeness (QED) is 0.220. The van der Waals surface area contributed by atoms with Gasteiger partial charge in [0.15, 0.2) is 5.13 Å². The summed E-state index contributed by atoms with van der Waals surface area (Å²) in [6.45, 7) is 0.755. The second kappa shape index (κ2) is 11.9. The van der Waals surface area contributed by atoms with Crippen LogP contribution in [0.2, 0.25) is 0 Å². The molecule has 3 aromatic carbocycles. The summed E-state index contributed by atoms with van der Waals surface area (Å²) in [5.41, 5.74) is 2.84. The van der Waals surface area contributed by atoms with Crippen molar-refractivity contribution in [3.8, 4) is 5.75 Å². The average Bonchev–Trinajstić information content (AvgIpc) is 3.66. The van der Waals surface area contributed by atoms with Crippen LogP contribution in [-0.2, 0) is 16.1 Å². The first-order valence-corrected chi connectivity index (χ1v) is 15.2. The molecule has 7 nitrogen and oxygen atoms in total. The lowest BCUT2D eigenvalue weighted by molar-refractivity contribution is -0.121. The monoisotopic (exact) mass is 556 g/mol. The average molecular weight is 557 g/mol. The highest BCUT2D eigenvalue weighted by atomic mass is 32.1. The number of carbonyl (C=O) groups excluding carboxylic acids is 2. The van der Waals surface area contributed by atoms with Crippen molar-refractivity contribution < 1.29 is 14.3 Å². The van der Waals surface area contributed by atoms with Crippen LogP contribution in [0.3, 0.4) is 0 Å². The molecule has 8 heteroatoms. The lowest BCUT2D eigenvalue weighted by atomic mass is 9.85. The number of methoxy groups -OCH3 is 1. The standard InChI is InChI=1S/C32H36N4O3S/c1-39-28-16-13-22(25-11-4-5-12-26(25)28)19-33-23-10-6-9-21(17-23)31(38)34-24-14-15-27-29(18-24)40-32(35-27)36-30(37)20-7-2-3-8-20/h4-5,11-16,18,20-21,23,33H,2-3,6-10,17,19H2,1H3,(H,34,38)(H,35,36,37)/t21-,23+/m1/s1. The Balaban J connectivity index is 1.06. The molecular weight excluding hydrogens is 520 g/mol. The molecule has 208 valence electrons. The summed E-state index contributed by atoms with van der Waals surface area (Å²) in [4.78, 5) is 30.3. The summed E-state index contributed by atoms with van der Waals surface area (Å²) in [6, 6.07) is 18.5. The highest BCUT2D eigenvalue weighted by molar-refractivity contribution is 7.22. The van der Waals surface area contributed by atoms with Gasteiger partial charge in [-0.15, -0.1) is 0 Å². The summed E-state index contributed by atoms with van der Waals surface area (Å²) in [7, 11) is 1.71. The van der Waals surface area contributed by atoms with E-state index < -0.39 is 0 Å². The summed E-state index contributed by atoms with van der Waals surface area (Å²) in [6.07, 6.45) is 7.98. The van der Waals surface area contributed by atoms with Gasteiger partial charge in [0, 0.05) is 35.5 Å². The first kappa shape index (κ1) is 26.7. The number of thiazole rings is 1. The number of hydrogen-bond donors (Lipinski definition) is 3. The number of anilines is 2. The third-order valence-electron chi connectivity index (χ3n) is 8.43. The highest BCUT2D eigenvalue weighted by Crippen LogP contribution is 2.33. The molecule has 6 rings (SSSR count). The Morgan fingerprint density at radius 3 is 2.50 bits per heavy atom. The van der Waals surface area contributed by atoms with Gasteiger partial charge in [-0.3, -0.25) is 9.59 Å². The van der Waals surface area contributed by atoms with Crippen LogP contribution in [0.5, 0.6) is 5.75 Å². The second-order valence-electron chi connectivity index (χ2n) is 11.1. The van der Waals surface area contributed by atoms with E-state index in [1.54, 1.807) is 7.11 Å². The largest absolute Gasteiger partial charge is 0.496 e.